The highest BCUT2D eigenvalue weighted by atomic mass is 35.5. The van der Waals surface area contributed by atoms with Gasteiger partial charge in [0.1, 0.15) is 13.2 Å². The number of rotatable bonds is 5. The van der Waals surface area contributed by atoms with Crippen LogP contribution in [0, 0.1) is 0 Å². The summed E-state index contributed by atoms with van der Waals surface area (Å²) >= 11 is 6.24. The number of amides is 1. The van der Waals surface area contributed by atoms with Crippen LogP contribution in [-0.2, 0) is 13.1 Å². The lowest BCUT2D eigenvalue weighted by Gasteiger charge is -2.20. The fourth-order valence-electron chi connectivity index (χ4n) is 3.59. The summed E-state index contributed by atoms with van der Waals surface area (Å²) in [4.78, 5) is 15.1. The first kappa shape index (κ1) is 18.1. The number of hydrogen-bond donors (Lipinski definition) is 1. The van der Waals surface area contributed by atoms with Gasteiger partial charge in [-0.05, 0) is 49.2 Å². The van der Waals surface area contributed by atoms with Crippen molar-refractivity contribution in [2.45, 2.75) is 25.9 Å². The van der Waals surface area contributed by atoms with E-state index in [1.165, 1.54) is 18.4 Å². The van der Waals surface area contributed by atoms with Crippen molar-refractivity contribution in [2.75, 3.05) is 26.3 Å². The van der Waals surface area contributed by atoms with E-state index in [2.05, 4.69) is 28.4 Å². The third-order valence-electron chi connectivity index (χ3n) is 5.01. The number of benzene rings is 2. The lowest BCUT2D eigenvalue weighted by molar-refractivity contribution is 0.0949. The first-order valence-corrected chi connectivity index (χ1v) is 9.75. The monoisotopic (exact) mass is 386 g/mol. The number of nitrogens with zero attached hydrogens (tertiary/aromatic N) is 1. The van der Waals surface area contributed by atoms with Gasteiger partial charge in [-0.15, -0.1) is 0 Å². The van der Waals surface area contributed by atoms with Crippen molar-refractivity contribution in [2.24, 2.45) is 0 Å². The van der Waals surface area contributed by atoms with Crippen LogP contribution in [0.25, 0.3) is 0 Å². The largest absolute Gasteiger partial charge is 0.486 e. The zero-order valence-electron chi connectivity index (χ0n) is 15.2. The second kappa shape index (κ2) is 8.19. The average molecular weight is 387 g/mol. The van der Waals surface area contributed by atoms with E-state index < -0.39 is 0 Å². The fraction of sp³-hybridized carbons (Fsp3) is 0.381. The molecule has 0 bridgehead atoms. The van der Waals surface area contributed by atoms with Crippen molar-refractivity contribution in [1.29, 1.82) is 0 Å². The zero-order chi connectivity index (χ0) is 18.6. The van der Waals surface area contributed by atoms with Gasteiger partial charge in [-0.3, -0.25) is 9.69 Å². The lowest BCUT2D eigenvalue weighted by Crippen LogP contribution is -2.25. The molecule has 4 rings (SSSR count). The molecule has 0 aromatic heterocycles. The summed E-state index contributed by atoms with van der Waals surface area (Å²) in [5, 5.41) is 3.40. The molecule has 1 fully saturated rings. The van der Waals surface area contributed by atoms with E-state index in [4.69, 9.17) is 21.1 Å². The Morgan fingerprint density at radius 3 is 2.63 bits per heavy atom. The molecule has 2 aliphatic rings. The average Bonchev–Trinajstić information content (AvgIpc) is 3.20. The van der Waals surface area contributed by atoms with Crippen LogP contribution in [0.15, 0.2) is 36.4 Å². The quantitative estimate of drug-likeness (QED) is 0.852. The molecule has 0 atom stereocenters. The van der Waals surface area contributed by atoms with E-state index in [9.17, 15) is 4.79 Å². The Hall–Kier alpha value is -2.24. The standard InChI is InChI=1S/C21H23ClN2O3/c22-18-11-17(12-19-20(18)27-10-9-26-19)21(25)23-13-15-5-1-2-6-16(15)14-24-7-3-4-8-24/h1-2,5-6,11-12H,3-4,7-10,13-14H2,(H,23,25). The highest BCUT2D eigenvalue weighted by molar-refractivity contribution is 6.32. The van der Waals surface area contributed by atoms with Gasteiger partial charge in [-0.25, -0.2) is 0 Å². The number of hydrogen-bond acceptors (Lipinski definition) is 4. The van der Waals surface area contributed by atoms with Gasteiger partial charge in [-0.1, -0.05) is 35.9 Å². The first-order chi connectivity index (χ1) is 13.2. The predicted molar refractivity (Wildman–Crippen MR) is 105 cm³/mol. The molecule has 0 unspecified atom stereocenters. The molecular formula is C21H23ClN2O3. The maximum Gasteiger partial charge on any atom is 0.251 e. The van der Waals surface area contributed by atoms with E-state index in [0.29, 0.717) is 41.8 Å². The number of carbonyl (C=O) groups is 1. The van der Waals surface area contributed by atoms with Gasteiger partial charge in [0.05, 0.1) is 5.02 Å². The number of halogens is 1. The second-order valence-corrected chi connectivity index (χ2v) is 7.32. The van der Waals surface area contributed by atoms with Crippen LogP contribution < -0.4 is 14.8 Å². The maximum absolute atomic E-state index is 12.6. The van der Waals surface area contributed by atoms with Gasteiger partial charge in [0, 0.05) is 18.7 Å². The molecule has 27 heavy (non-hydrogen) atoms. The maximum atomic E-state index is 12.6. The van der Waals surface area contributed by atoms with E-state index >= 15 is 0 Å². The van der Waals surface area contributed by atoms with Gasteiger partial charge in [0.25, 0.3) is 5.91 Å². The van der Waals surface area contributed by atoms with Crippen LogP contribution in [0.1, 0.15) is 34.3 Å². The Balaban J connectivity index is 1.44. The third kappa shape index (κ3) is 4.20. The SMILES string of the molecule is O=C(NCc1ccccc1CN1CCCC1)c1cc(Cl)c2c(c1)OCCO2. The molecule has 2 aromatic carbocycles. The van der Waals surface area contributed by atoms with Crippen LogP contribution in [0.2, 0.25) is 5.02 Å². The highest BCUT2D eigenvalue weighted by Crippen LogP contribution is 2.38. The second-order valence-electron chi connectivity index (χ2n) is 6.92. The first-order valence-electron chi connectivity index (χ1n) is 9.37. The van der Waals surface area contributed by atoms with Gasteiger partial charge in [0.15, 0.2) is 11.5 Å². The Labute approximate surface area is 164 Å². The van der Waals surface area contributed by atoms with Crippen LogP contribution in [0.4, 0.5) is 0 Å². The Bertz CT molecular complexity index is 834. The van der Waals surface area contributed by atoms with Crippen LogP contribution in [-0.4, -0.2) is 37.1 Å². The van der Waals surface area contributed by atoms with Crippen molar-refractivity contribution < 1.29 is 14.3 Å². The molecule has 0 radical (unpaired) electrons. The highest BCUT2D eigenvalue weighted by Gasteiger charge is 2.19. The molecule has 2 aliphatic heterocycles. The van der Waals surface area contributed by atoms with Crippen LogP contribution >= 0.6 is 11.6 Å². The number of nitrogens with one attached hydrogen (secondary N) is 1. The molecule has 6 heteroatoms. The van der Waals surface area contributed by atoms with Gasteiger partial charge < -0.3 is 14.8 Å². The van der Waals surface area contributed by atoms with Crippen molar-refractivity contribution in [3.8, 4) is 11.5 Å². The predicted octanol–water partition coefficient (Wildman–Crippen LogP) is 3.64. The number of likely N-dealkylation sites (tertiary alicyclic amines) is 1. The smallest absolute Gasteiger partial charge is 0.251 e. The Kier molecular flexibility index (Phi) is 5.50. The normalized spacial score (nSPS) is 16.3. The molecule has 0 aliphatic carbocycles. The molecular weight excluding hydrogens is 364 g/mol. The minimum atomic E-state index is -0.176. The van der Waals surface area contributed by atoms with E-state index in [1.54, 1.807) is 12.1 Å². The molecule has 2 aromatic rings. The van der Waals surface area contributed by atoms with E-state index in [-0.39, 0.29) is 5.91 Å². The third-order valence-corrected chi connectivity index (χ3v) is 5.29. The van der Waals surface area contributed by atoms with Crippen LogP contribution in [0.3, 0.4) is 0 Å². The van der Waals surface area contributed by atoms with Gasteiger partial charge >= 0.3 is 0 Å². The summed E-state index contributed by atoms with van der Waals surface area (Å²) in [5.74, 6) is 0.855. The summed E-state index contributed by atoms with van der Waals surface area (Å²) in [6.07, 6.45) is 2.54. The summed E-state index contributed by atoms with van der Waals surface area (Å²) in [5.41, 5.74) is 2.88. The van der Waals surface area contributed by atoms with Crippen molar-refractivity contribution in [3.63, 3.8) is 0 Å². The summed E-state index contributed by atoms with van der Waals surface area (Å²) in [7, 11) is 0. The molecule has 0 saturated carbocycles. The van der Waals surface area contributed by atoms with E-state index in [0.717, 1.165) is 25.2 Å². The topological polar surface area (TPSA) is 50.8 Å². The number of ether oxygens (including phenoxy) is 2. The van der Waals surface area contributed by atoms with Gasteiger partial charge in [0.2, 0.25) is 0 Å². The van der Waals surface area contributed by atoms with Crippen molar-refractivity contribution in [1.82, 2.24) is 10.2 Å². The molecule has 1 N–H and O–H groups in total. The minimum absolute atomic E-state index is 0.176. The molecule has 1 saturated heterocycles. The minimum Gasteiger partial charge on any atom is -0.486 e. The molecule has 2 heterocycles. The molecule has 142 valence electrons. The Morgan fingerprint density at radius 1 is 1.07 bits per heavy atom. The summed E-state index contributed by atoms with van der Waals surface area (Å²) < 4.78 is 11.1. The summed E-state index contributed by atoms with van der Waals surface area (Å²) in [6.45, 7) is 4.63. The Morgan fingerprint density at radius 2 is 1.81 bits per heavy atom. The fourth-order valence-corrected chi connectivity index (χ4v) is 3.85. The van der Waals surface area contributed by atoms with Crippen molar-refractivity contribution >= 4 is 17.5 Å². The van der Waals surface area contributed by atoms with Crippen LogP contribution in [0.5, 0.6) is 11.5 Å². The van der Waals surface area contributed by atoms with E-state index in [1.807, 2.05) is 6.07 Å². The lowest BCUT2D eigenvalue weighted by atomic mass is 10.1. The van der Waals surface area contributed by atoms with Crippen molar-refractivity contribution in [3.05, 3.63) is 58.1 Å². The zero-order valence-corrected chi connectivity index (χ0v) is 15.9. The molecule has 1 amide bonds. The van der Waals surface area contributed by atoms with Gasteiger partial charge in [-0.2, -0.15) is 0 Å². The summed E-state index contributed by atoms with van der Waals surface area (Å²) in [6, 6.07) is 11.6. The number of carbonyl (C=O) groups excluding carboxylic acids is 1. The molecule has 0 spiro atoms. The number of fused-ring (bicyclic) bond motifs is 1. The molecule has 5 nitrogen and oxygen atoms in total.